The summed E-state index contributed by atoms with van der Waals surface area (Å²) in [6.45, 7) is 1.66. The lowest BCUT2D eigenvalue weighted by molar-refractivity contribution is -0.148. The molecular formula is C21H18FNO5S. The fraction of sp³-hybridized carbons (Fsp3) is 0.190. The Morgan fingerprint density at radius 1 is 1.21 bits per heavy atom. The van der Waals surface area contributed by atoms with Crippen molar-refractivity contribution in [1.29, 1.82) is 0 Å². The lowest BCUT2D eigenvalue weighted by atomic mass is 10.2. The first-order chi connectivity index (χ1) is 13.9. The second kappa shape index (κ2) is 8.91. The Balaban J connectivity index is 1.67. The first-order valence-electron chi connectivity index (χ1n) is 8.71. The van der Waals surface area contributed by atoms with Crippen LogP contribution >= 0.6 is 11.8 Å². The highest BCUT2D eigenvalue weighted by molar-refractivity contribution is 8.18. The zero-order chi connectivity index (χ0) is 21.0. The third kappa shape index (κ3) is 4.83. The van der Waals surface area contributed by atoms with Crippen LogP contribution in [0.3, 0.4) is 0 Å². The molecule has 0 saturated carbocycles. The second-order valence-corrected chi connectivity index (χ2v) is 7.23. The van der Waals surface area contributed by atoms with E-state index in [1.165, 1.54) is 26.2 Å². The molecule has 6 nitrogen and oxygen atoms in total. The summed E-state index contributed by atoms with van der Waals surface area (Å²) in [7, 11) is 1.20. The van der Waals surface area contributed by atoms with Gasteiger partial charge in [-0.2, -0.15) is 0 Å². The summed E-state index contributed by atoms with van der Waals surface area (Å²) in [4.78, 5) is 37.4. The maximum Gasteiger partial charge on any atom is 0.328 e. The van der Waals surface area contributed by atoms with Crippen molar-refractivity contribution in [3.63, 3.8) is 0 Å². The Kier molecular flexibility index (Phi) is 6.33. The number of esters is 1. The number of rotatable bonds is 6. The molecule has 0 radical (unpaired) electrons. The van der Waals surface area contributed by atoms with Crippen LogP contribution in [0.15, 0.2) is 53.4 Å². The lowest BCUT2D eigenvalue weighted by Gasteiger charge is -2.18. The van der Waals surface area contributed by atoms with Gasteiger partial charge in [-0.25, -0.2) is 9.18 Å². The van der Waals surface area contributed by atoms with Gasteiger partial charge in [0.25, 0.3) is 11.1 Å². The van der Waals surface area contributed by atoms with Crippen LogP contribution in [-0.4, -0.2) is 35.2 Å². The number of amides is 2. The Labute approximate surface area is 171 Å². The van der Waals surface area contributed by atoms with Gasteiger partial charge < -0.3 is 9.47 Å². The smallest absolute Gasteiger partial charge is 0.328 e. The van der Waals surface area contributed by atoms with Gasteiger partial charge in [0, 0.05) is 0 Å². The molecule has 1 aliphatic rings. The summed E-state index contributed by atoms with van der Waals surface area (Å²) < 4.78 is 23.4. The Morgan fingerprint density at radius 2 is 1.93 bits per heavy atom. The van der Waals surface area contributed by atoms with Crippen LogP contribution in [0.5, 0.6) is 5.75 Å². The SMILES string of the molecule is COC(=O)[C@H](C)N1C(=O)S/C(=C/c2ccc(OCc3cccc(F)c3)cc2)C1=O. The van der Waals surface area contributed by atoms with Crippen LogP contribution in [-0.2, 0) is 20.9 Å². The quantitative estimate of drug-likeness (QED) is 0.525. The van der Waals surface area contributed by atoms with Crippen LogP contribution in [0.2, 0.25) is 0 Å². The first-order valence-corrected chi connectivity index (χ1v) is 9.53. The van der Waals surface area contributed by atoms with E-state index in [0.717, 1.165) is 16.7 Å². The van der Waals surface area contributed by atoms with Gasteiger partial charge in [-0.1, -0.05) is 24.3 Å². The first kappa shape index (κ1) is 20.6. The van der Waals surface area contributed by atoms with Crippen molar-refractivity contribution in [3.05, 3.63) is 70.4 Å². The molecule has 2 amide bonds. The van der Waals surface area contributed by atoms with Crippen LogP contribution in [0.1, 0.15) is 18.1 Å². The van der Waals surface area contributed by atoms with Gasteiger partial charge >= 0.3 is 5.97 Å². The highest BCUT2D eigenvalue weighted by atomic mass is 32.2. The van der Waals surface area contributed by atoms with Crippen LogP contribution in [0.25, 0.3) is 6.08 Å². The van der Waals surface area contributed by atoms with Gasteiger partial charge in [0.05, 0.1) is 12.0 Å². The van der Waals surface area contributed by atoms with E-state index in [4.69, 9.17) is 4.74 Å². The molecule has 0 N–H and O–H groups in total. The Bertz CT molecular complexity index is 973. The molecular weight excluding hydrogens is 397 g/mol. The average molecular weight is 415 g/mol. The Morgan fingerprint density at radius 3 is 2.59 bits per heavy atom. The molecule has 1 atom stereocenters. The number of nitrogens with zero attached hydrogens (tertiary/aromatic N) is 1. The Hall–Kier alpha value is -3.13. The third-order valence-electron chi connectivity index (χ3n) is 4.23. The van der Waals surface area contributed by atoms with E-state index in [1.54, 1.807) is 42.5 Å². The summed E-state index contributed by atoms with van der Waals surface area (Å²) in [6.07, 6.45) is 1.57. The zero-order valence-electron chi connectivity index (χ0n) is 15.8. The monoisotopic (exact) mass is 415 g/mol. The summed E-state index contributed by atoms with van der Waals surface area (Å²) in [5.74, 6) is -0.937. The van der Waals surface area contributed by atoms with E-state index in [-0.39, 0.29) is 17.3 Å². The van der Waals surface area contributed by atoms with Crippen molar-refractivity contribution in [2.24, 2.45) is 0 Å². The lowest BCUT2D eigenvalue weighted by Crippen LogP contribution is -2.42. The molecule has 0 aliphatic carbocycles. The number of benzene rings is 2. The molecule has 8 heteroatoms. The van der Waals surface area contributed by atoms with Crippen molar-refractivity contribution in [2.45, 2.75) is 19.6 Å². The number of carbonyl (C=O) groups excluding carboxylic acids is 3. The fourth-order valence-electron chi connectivity index (χ4n) is 2.69. The largest absolute Gasteiger partial charge is 0.489 e. The molecule has 1 fully saturated rings. The summed E-state index contributed by atoms with van der Waals surface area (Å²) in [5.41, 5.74) is 1.40. The van der Waals surface area contributed by atoms with E-state index in [0.29, 0.717) is 16.9 Å². The molecule has 29 heavy (non-hydrogen) atoms. The van der Waals surface area contributed by atoms with Gasteiger partial charge in [0.2, 0.25) is 0 Å². The van der Waals surface area contributed by atoms with E-state index >= 15 is 0 Å². The predicted octanol–water partition coefficient (Wildman–Crippen LogP) is 4.00. The highest BCUT2D eigenvalue weighted by Crippen LogP contribution is 2.34. The maximum absolute atomic E-state index is 13.2. The van der Waals surface area contributed by atoms with Gasteiger partial charge in [-0.05, 0) is 60.2 Å². The van der Waals surface area contributed by atoms with E-state index in [2.05, 4.69) is 4.74 Å². The van der Waals surface area contributed by atoms with Gasteiger partial charge in [0.15, 0.2) is 0 Å². The molecule has 2 aromatic rings. The minimum absolute atomic E-state index is 0.221. The van der Waals surface area contributed by atoms with Gasteiger partial charge in [-0.3, -0.25) is 14.5 Å². The number of methoxy groups -OCH3 is 1. The van der Waals surface area contributed by atoms with Crippen molar-refractivity contribution >= 4 is 35.0 Å². The molecule has 1 saturated heterocycles. The van der Waals surface area contributed by atoms with Crippen molar-refractivity contribution in [1.82, 2.24) is 4.90 Å². The summed E-state index contributed by atoms with van der Waals surface area (Å²) >= 11 is 0.770. The normalized spacial score (nSPS) is 16.2. The predicted molar refractivity (Wildman–Crippen MR) is 106 cm³/mol. The minimum atomic E-state index is -0.989. The van der Waals surface area contributed by atoms with Gasteiger partial charge in [-0.15, -0.1) is 0 Å². The van der Waals surface area contributed by atoms with Gasteiger partial charge in [0.1, 0.15) is 24.2 Å². The van der Waals surface area contributed by atoms with Crippen molar-refractivity contribution in [3.8, 4) is 5.75 Å². The number of ether oxygens (including phenoxy) is 2. The average Bonchev–Trinajstić information content (AvgIpc) is 2.99. The van der Waals surface area contributed by atoms with E-state index < -0.39 is 23.2 Å². The number of hydrogen-bond acceptors (Lipinski definition) is 6. The molecule has 0 unspecified atom stereocenters. The number of imide groups is 1. The van der Waals surface area contributed by atoms with Crippen molar-refractivity contribution < 1.29 is 28.2 Å². The van der Waals surface area contributed by atoms with Crippen LogP contribution < -0.4 is 4.74 Å². The van der Waals surface area contributed by atoms with Crippen LogP contribution in [0, 0.1) is 5.82 Å². The molecule has 2 aromatic carbocycles. The molecule has 1 aliphatic heterocycles. The molecule has 150 valence electrons. The van der Waals surface area contributed by atoms with E-state index in [9.17, 15) is 18.8 Å². The summed E-state index contributed by atoms with van der Waals surface area (Å²) in [5, 5.41) is -0.519. The van der Waals surface area contributed by atoms with E-state index in [1.807, 2.05) is 0 Å². The van der Waals surface area contributed by atoms with Crippen LogP contribution in [0.4, 0.5) is 9.18 Å². The fourth-order valence-corrected chi connectivity index (χ4v) is 3.60. The molecule has 0 aromatic heterocycles. The minimum Gasteiger partial charge on any atom is -0.489 e. The molecule has 3 rings (SSSR count). The number of halogens is 1. The standard InChI is InChI=1S/C21H18FNO5S/c1-13(20(25)27-2)23-19(24)18(29-21(23)26)11-14-6-8-17(9-7-14)28-12-15-4-3-5-16(22)10-15/h3-11,13H,12H2,1-2H3/b18-11+/t13-/m0/s1. The summed E-state index contributed by atoms with van der Waals surface area (Å²) in [6, 6.07) is 12.1. The maximum atomic E-state index is 13.2. The number of carbonyl (C=O) groups is 3. The second-order valence-electron chi connectivity index (χ2n) is 6.24. The zero-order valence-corrected chi connectivity index (χ0v) is 16.6. The number of hydrogen-bond donors (Lipinski definition) is 0. The topological polar surface area (TPSA) is 72.9 Å². The third-order valence-corrected chi connectivity index (χ3v) is 5.11. The molecule has 1 heterocycles. The highest BCUT2D eigenvalue weighted by Gasteiger charge is 2.41. The van der Waals surface area contributed by atoms with Crippen molar-refractivity contribution in [2.75, 3.05) is 7.11 Å². The number of thioether (sulfide) groups is 1. The molecule has 0 bridgehead atoms. The molecule has 0 spiro atoms.